The number of imidazole rings is 1. The monoisotopic (exact) mass is 557 g/mol. The predicted molar refractivity (Wildman–Crippen MR) is 156 cm³/mol. The van der Waals surface area contributed by atoms with Gasteiger partial charge >= 0.3 is 0 Å². The molecule has 0 radical (unpaired) electrons. The number of Topliss-reactive ketones (excluding diaryl/α,β-unsaturated/α-hetero) is 1. The highest BCUT2D eigenvalue weighted by atomic mass is 19.1. The number of carbonyl (C=O) groups is 1. The molecule has 9 heteroatoms. The van der Waals surface area contributed by atoms with Crippen LogP contribution < -0.4 is 10.1 Å². The van der Waals surface area contributed by atoms with Crippen molar-refractivity contribution in [2.75, 3.05) is 38.2 Å². The van der Waals surface area contributed by atoms with E-state index in [-0.39, 0.29) is 17.1 Å². The number of carbonyl (C=O) groups excluding carboxylic acids is 1. The molecular weight excluding hydrogens is 521 g/mol. The van der Waals surface area contributed by atoms with E-state index in [1.54, 1.807) is 28.9 Å². The van der Waals surface area contributed by atoms with Gasteiger partial charge in [-0.3, -0.25) is 9.69 Å². The Hall–Kier alpha value is -3.82. The first kappa shape index (κ1) is 27.4. The number of aromatic nitrogens is 3. The zero-order valence-electron chi connectivity index (χ0n) is 23.8. The Morgan fingerprint density at radius 1 is 1.15 bits per heavy atom. The van der Waals surface area contributed by atoms with Crippen LogP contribution in [0.1, 0.15) is 49.0 Å². The van der Waals surface area contributed by atoms with E-state index in [1.165, 1.54) is 12.1 Å². The van der Waals surface area contributed by atoms with Crippen LogP contribution >= 0.6 is 0 Å². The minimum Gasteiger partial charge on any atom is -0.437 e. The van der Waals surface area contributed by atoms with Gasteiger partial charge in [0.15, 0.2) is 11.4 Å². The van der Waals surface area contributed by atoms with Gasteiger partial charge in [0.25, 0.3) is 0 Å². The number of nitrogens with one attached hydrogen (secondary N) is 1. The largest absolute Gasteiger partial charge is 0.437 e. The maximum atomic E-state index is 13.9. The molecule has 1 saturated heterocycles. The number of halogens is 1. The lowest BCUT2D eigenvalue weighted by Crippen LogP contribution is -2.53. The minimum absolute atomic E-state index is 0.136. The Balaban J connectivity index is 1.34. The lowest BCUT2D eigenvalue weighted by atomic mass is 9.98. The van der Waals surface area contributed by atoms with Gasteiger partial charge in [0.1, 0.15) is 11.6 Å². The summed E-state index contributed by atoms with van der Waals surface area (Å²) < 4.78 is 27.2. The quantitative estimate of drug-likeness (QED) is 0.235. The highest BCUT2D eigenvalue weighted by molar-refractivity contribution is 5.98. The van der Waals surface area contributed by atoms with Crippen LogP contribution in [0.15, 0.2) is 54.7 Å². The van der Waals surface area contributed by atoms with Crippen molar-refractivity contribution in [1.82, 2.24) is 19.5 Å². The summed E-state index contributed by atoms with van der Waals surface area (Å²) in [6, 6.07) is 13.7. The summed E-state index contributed by atoms with van der Waals surface area (Å²) in [6.45, 7) is 10.2. The first-order chi connectivity index (χ1) is 19.8. The predicted octanol–water partition coefficient (Wildman–Crippen LogP) is 6.14. The van der Waals surface area contributed by atoms with Crippen LogP contribution in [0.25, 0.3) is 16.9 Å². The number of aryl methyl sites for hydroxylation is 1. The van der Waals surface area contributed by atoms with Crippen LogP contribution in [-0.2, 0) is 4.74 Å². The van der Waals surface area contributed by atoms with Gasteiger partial charge in [-0.1, -0.05) is 18.2 Å². The fraction of sp³-hybridized carbons (Fsp3) is 0.406. The van der Waals surface area contributed by atoms with Crippen molar-refractivity contribution in [3.05, 3.63) is 71.7 Å². The third-order valence-corrected chi connectivity index (χ3v) is 8.04. The molecule has 2 aromatic carbocycles. The van der Waals surface area contributed by atoms with Crippen molar-refractivity contribution in [3.63, 3.8) is 0 Å². The van der Waals surface area contributed by atoms with Crippen LogP contribution in [0.3, 0.4) is 0 Å². The van der Waals surface area contributed by atoms with Crippen molar-refractivity contribution in [2.45, 2.75) is 45.6 Å². The van der Waals surface area contributed by atoms with E-state index in [1.807, 2.05) is 25.1 Å². The van der Waals surface area contributed by atoms with Crippen molar-refractivity contribution >= 4 is 17.1 Å². The summed E-state index contributed by atoms with van der Waals surface area (Å²) in [5.74, 6) is 1.02. The Morgan fingerprint density at radius 2 is 1.95 bits per heavy atom. The molecule has 6 rings (SSSR count). The van der Waals surface area contributed by atoms with Crippen molar-refractivity contribution in [3.8, 4) is 22.9 Å². The molecule has 2 aliphatic rings. The second-order valence-corrected chi connectivity index (χ2v) is 11.7. The smallest absolute Gasteiger partial charge is 0.239 e. The molecule has 0 bridgehead atoms. The molecule has 1 aliphatic heterocycles. The Bertz CT molecular complexity index is 1570. The highest BCUT2D eigenvalue weighted by Gasteiger charge is 2.29. The summed E-state index contributed by atoms with van der Waals surface area (Å²) >= 11 is 0. The number of nitrogens with zero attached hydrogens (tertiary/aromatic N) is 4. The molecule has 41 heavy (non-hydrogen) atoms. The molecule has 0 unspecified atom stereocenters. The van der Waals surface area contributed by atoms with Gasteiger partial charge < -0.3 is 14.8 Å². The zero-order valence-corrected chi connectivity index (χ0v) is 23.8. The number of fused-ring (bicyclic) bond motifs is 1. The molecule has 1 N–H and O–H groups in total. The molecule has 0 atom stereocenters. The lowest BCUT2D eigenvalue weighted by Gasteiger charge is -2.41. The highest BCUT2D eigenvalue weighted by Crippen LogP contribution is 2.35. The van der Waals surface area contributed by atoms with Gasteiger partial charge in [0.05, 0.1) is 30.8 Å². The first-order valence-corrected chi connectivity index (χ1v) is 14.3. The van der Waals surface area contributed by atoms with E-state index < -0.39 is 0 Å². The van der Waals surface area contributed by atoms with Crippen LogP contribution in [0.2, 0.25) is 0 Å². The van der Waals surface area contributed by atoms with Crippen molar-refractivity contribution in [1.29, 1.82) is 0 Å². The second-order valence-electron chi connectivity index (χ2n) is 11.7. The molecular formula is C32H36FN5O3. The van der Waals surface area contributed by atoms with Gasteiger partial charge in [-0.2, -0.15) is 0 Å². The number of benzene rings is 2. The third kappa shape index (κ3) is 6.11. The van der Waals surface area contributed by atoms with Crippen molar-refractivity contribution < 1.29 is 18.7 Å². The maximum Gasteiger partial charge on any atom is 0.239 e. The zero-order chi connectivity index (χ0) is 28.6. The summed E-state index contributed by atoms with van der Waals surface area (Å²) in [7, 11) is 0. The number of ketones is 1. The van der Waals surface area contributed by atoms with Crippen LogP contribution in [0.5, 0.6) is 11.6 Å². The van der Waals surface area contributed by atoms with Crippen LogP contribution in [0, 0.1) is 18.7 Å². The van der Waals surface area contributed by atoms with E-state index >= 15 is 0 Å². The summed E-state index contributed by atoms with van der Waals surface area (Å²) in [6.07, 6.45) is 4.70. The number of morpholine rings is 1. The topological polar surface area (TPSA) is 81.0 Å². The number of anilines is 1. The molecule has 8 nitrogen and oxygen atoms in total. The molecule has 2 aromatic heterocycles. The van der Waals surface area contributed by atoms with E-state index in [4.69, 9.17) is 19.6 Å². The average molecular weight is 558 g/mol. The number of hydrogen-bond acceptors (Lipinski definition) is 7. The maximum absolute atomic E-state index is 13.9. The second kappa shape index (κ2) is 11.2. The number of ether oxygens (including phenoxy) is 2. The Labute approximate surface area is 239 Å². The molecule has 0 amide bonds. The molecule has 1 aliphatic carbocycles. The normalized spacial score (nSPS) is 16.2. The van der Waals surface area contributed by atoms with Gasteiger partial charge in [0.2, 0.25) is 5.88 Å². The standard InChI is InChI=1S/C32H36FN5O3/c1-21-15-23(9-10-26(21)29(39)16-22-7-8-22)28-19-34-31-27(35-20-32(2,3)37-11-13-40-14-12-37)18-30(36-38(28)31)41-25-6-4-5-24(33)17-25/h4-6,9-10,15,17-19,22,35H,7-8,11-14,16,20H2,1-3H3. The van der Waals surface area contributed by atoms with E-state index in [0.717, 1.165) is 67.2 Å². The summed E-state index contributed by atoms with van der Waals surface area (Å²) in [5, 5.41) is 8.32. The van der Waals surface area contributed by atoms with Gasteiger partial charge in [0, 0.05) is 54.9 Å². The Morgan fingerprint density at radius 3 is 2.68 bits per heavy atom. The molecule has 2 fully saturated rings. The first-order valence-electron chi connectivity index (χ1n) is 14.3. The van der Waals surface area contributed by atoms with Gasteiger partial charge in [-0.05, 0) is 63.3 Å². The SMILES string of the molecule is Cc1cc(-c2cnc3c(NCC(C)(C)N4CCOCC4)cc(Oc4cccc(F)c4)nn23)ccc1C(=O)CC1CC1. The number of rotatable bonds is 10. The average Bonchev–Trinajstić information content (AvgIpc) is 3.67. The summed E-state index contributed by atoms with van der Waals surface area (Å²) in [4.78, 5) is 19.9. The molecule has 1 saturated carbocycles. The molecule has 214 valence electrons. The van der Waals surface area contributed by atoms with E-state index in [9.17, 15) is 9.18 Å². The molecule has 0 spiro atoms. The molecule has 3 heterocycles. The fourth-order valence-corrected chi connectivity index (χ4v) is 5.40. The van der Waals surface area contributed by atoms with Crippen molar-refractivity contribution in [2.24, 2.45) is 5.92 Å². The van der Waals surface area contributed by atoms with Crippen LogP contribution in [-0.4, -0.2) is 63.7 Å². The Kier molecular flexibility index (Phi) is 7.48. The van der Waals surface area contributed by atoms with E-state index in [0.29, 0.717) is 36.2 Å². The van der Waals surface area contributed by atoms with Crippen LogP contribution in [0.4, 0.5) is 10.1 Å². The third-order valence-electron chi connectivity index (χ3n) is 8.04. The van der Waals surface area contributed by atoms with Gasteiger partial charge in [-0.25, -0.2) is 13.9 Å². The summed E-state index contributed by atoms with van der Waals surface area (Å²) in [5.41, 5.74) is 4.63. The van der Waals surface area contributed by atoms with Gasteiger partial charge in [-0.15, -0.1) is 5.10 Å². The molecule has 4 aromatic rings. The fourth-order valence-electron chi connectivity index (χ4n) is 5.40. The van der Waals surface area contributed by atoms with E-state index in [2.05, 4.69) is 24.1 Å². The number of hydrogen-bond donors (Lipinski definition) is 1. The lowest BCUT2D eigenvalue weighted by molar-refractivity contribution is -0.00568. The minimum atomic E-state index is -0.385.